The second-order valence-electron chi connectivity index (χ2n) is 5.75. The molecule has 1 atom stereocenters. The molecule has 1 heterocycles. The van der Waals surface area contributed by atoms with Gasteiger partial charge in [0.25, 0.3) is 0 Å². The summed E-state index contributed by atoms with van der Waals surface area (Å²) in [6, 6.07) is 5.55. The highest BCUT2D eigenvalue weighted by atomic mass is 79.9. The van der Waals surface area contributed by atoms with E-state index in [4.69, 9.17) is 22.1 Å². The lowest BCUT2D eigenvalue weighted by Gasteiger charge is -2.33. The molecule has 0 bridgehead atoms. The molecule has 2 rings (SSSR count). The number of benzene rings is 1. The van der Waals surface area contributed by atoms with Crippen LogP contribution in [0.5, 0.6) is 5.75 Å². The fourth-order valence-electron chi connectivity index (χ4n) is 2.67. The molecule has 1 aromatic rings. The van der Waals surface area contributed by atoms with Crippen LogP contribution in [0.4, 0.5) is 0 Å². The first-order valence-corrected chi connectivity index (χ1v) is 8.75. The van der Waals surface area contributed by atoms with Crippen molar-refractivity contribution in [2.75, 3.05) is 19.7 Å². The van der Waals surface area contributed by atoms with Crippen LogP contribution in [0, 0.1) is 5.92 Å². The van der Waals surface area contributed by atoms with Crippen LogP contribution in [0.15, 0.2) is 22.7 Å². The van der Waals surface area contributed by atoms with Crippen molar-refractivity contribution in [1.82, 2.24) is 4.90 Å². The quantitative estimate of drug-likeness (QED) is 0.778. The Labute approximate surface area is 157 Å². The molecule has 4 nitrogen and oxygen atoms in total. The zero-order valence-corrected chi connectivity index (χ0v) is 16.3. The zero-order chi connectivity index (χ0) is 16.1. The minimum atomic E-state index is 0. The molecule has 1 aromatic carbocycles. The summed E-state index contributed by atoms with van der Waals surface area (Å²) in [4.78, 5) is 14.1. The van der Waals surface area contributed by atoms with Crippen molar-refractivity contribution in [1.29, 1.82) is 0 Å². The third-order valence-corrected chi connectivity index (χ3v) is 4.96. The number of nitrogens with two attached hydrogens (primary N) is 1. The van der Waals surface area contributed by atoms with Crippen molar-refractivity contribution >= 4 is 45.8 Å². The molecule has 23 heavy (non-hydrogen) atoms. The number of rotatable bonds is 5. The van der Waals surface area contributed by atoms with E-state index in [9.17, 15) is 4.79 Å². The van der Waals surface area contributed by atoms with E-state index in [-0.39, 0.29) is 24.4 Å². The lowest BCUT2D eigenvalue weighted by Crippen LogP contribution is -2.42. The number of carbonyl (C=O) groups excluding carboxylic acids is 1. The van der Waals surface area contributed by atoms with Gasteiger partial charge in [0.15, 0.2) is 0 Å². The normalized spacial score (nSPS) is 16.6. The topological polar surface area (TPSA) is 55.6 Å². The summed E-state index contributed by atoms with van der Waals surface area (Å²) >= 11 is 9.28. The standard InChI is InChI=1S/C16H22BrClN2O2.ClH/c1-11(19)12-4-7-20(8-5-12)16(21)6-9-22-15-3-2-13(18)10-14(15)17;/h2-3,10-12H,4-9,19H2,1H3;1H. The summed E-state index contributed by atoms with van der Waals surface area (Å²) in [6.45, 7) is 4.01. The predicted octanol–water partition coefficient (Wildman–Crippen LogP) is 3.88. The average molecular weight is 426 g/mol. The number of hydrogen-bond donors (Lipinski definition) is 1. The van der Waals surface area contributed by atoms with Gasteiger partial charge in [-0.25, -0.2) is 0 Å². The summed E-state index contributed by atoms with van der Waals surface area (Å²) in [7, 11) is 0. The Kier molecular flexibility index (Phi) is 8.69. The van der Waals surface area contributed by atoms with Gasteiger partial charge in [-0.1, -0.05) is 11.6 Å². The van der Waals surface area contributed by atoms with Crippen LogP contribution in [0.2, 0.25) is 5.02 Å². The molecule has 1 aliphatic heterocycles. The summed E-state index contributed by atoms with van der Waals surface area (Å²) in [5, 5.41) is 0.646. The van der Waals surface area contributed by atoms with Gasteiger partial charge in [-0.2, -0.15) is 0 Å². The van der Waals surface area contributed by atoms with Gasteiger partial charge in [-0.15, -0.1) is 12.4 Å². The van der Waals surface area contributed by atoms with Crippen LogP contribution in [0.1, 0.15) is 26.2 Å². The van der Waals surface area contributed by atoms with Crippen LogP contribution in [0.3, 0.4) is 0 Å². The van der Waals surface area contributed by atoms with Gasteiger partial charge in [0.1, 0.15) is 5.75 Å². The Morgan fingerprint density at radius 3 is 2.70 bits per heavy atom. The summed E-state index contributed by atoms with van der Waals surface area (Å²) < 4.78 is 6.44. The molecule has 1 aliphatic rings. The van der Waals surface area contributed by atoms with E-state index in [0.717, 1.165) is 30.4 Å². The molecular formula is C16H23BrCl2N2O2. The van der Waals surface area contributed by atoms with Gasteiger partial charge in [0, 0.05) is 24.2 Å². The lowest BCUT2D eigenvalue weighted by atomic mass is 9.91. The average Bonchev–Trinajstić information content (AvgIpc) is 2.49. The second kappa shape index (κ2) is 9.72. The molecule has 0 aromatic heterocycles. The van der Waals surface area contributed by atoms with Gasteiger partial charge in [-0.3, -0.25) is 4.79 Å². The molecule has 1 fully saturated rings. The minimum absolute atomic E-state index is 0. The molecule has 0 aliphatic carbocycles. The number of piperidine rings is 1. The molecule has 1 saturated heterocycles. The summed E-state index contributed by atoms with van der Waals surface area (Å²) in [5.74, 6) is 1.38. The van der Waals surface area contributed by atoms with Gasteiger partial charge < -0.3 is 15.4 Å². The molecule has 130 valence electrons. The number of carbonyl (C=O) groups is 1. The Bertz CT molecular complexity index is 521. The maximum Gasteiger partial charge on any atom is 0.225 e. The van der Waals surface area contributed by atoms with Crippen molar-refractivity contribution in [3.63, 3.8) is 0 Å². The Balaban J connectivity index is 0.00000264. The predicted molar refractivity (Wildman–Crippen MR) is 99.5 cm³/mol. The largest absolute Gasteiger partial charge is 0.492 e. The highest BCUT2D eigenvalue weighted by molar-refractivity contribution is 9.10. The van der Waals surface area contributed by atoms with E-state index in [1.165, 1.54) is 0 Å². The first-order chi connectivity index (χ1) is 10.5. The Morgan fingerprint density at radius 1 is 1.48 bits per heavy atom. The van der Waals surface area contributed by atoms with Gasteiger partial charge in [0.05, 0.1) is 17.5 Å². The molecule has 0 spiro atoms. The van der Waals surface area contributed by atoms with E-state index < -0.39 is 0 Å². The molecule has 1 unspecified atom stereocenters. The highest BCUT2D eigenvalue weighted by Crippen LogP contribution is 2.28. The molecule has 0 radical (unpaired) electrons. The van der Waals surface area contributed by atoms with Crippen LogP contribution >= 0.6 is 39.9 Å². The third kappa shape index (κ3) is 6.14. The maximum absolute atomic E-state index is 12.2. The Hall–Kier alpha value is -0.490. The second-order valence-corrected chi connectivity index (χ2v) is 7.04. The van der Waals surface area contributed by atoms with Crippen molar-refractivity contribution in [3.05, 3.63) is 27.7 Å². The van der Waals surface area contributed by atoms with E-state index in [1.54, 1.807) is 18.2 Å². The SMILES string of the molecule is CC(N)C1CCN(C(=O)CCOc2ccc(Cl)cc2Br)CC1.Cl. The molecule has 0 saturated carbocycles. The van der Waals surface area contributed by atoms with E-state index in [1.807, 2.05) is 11.8 Å². The number of ether oxygens (including phenoxy) is 1. The summed E-state index contributed by atoms with van der Waals surface area (Å²) in [5.41, 5.74) is 5.92. The van der Waals surface area contributed by atoms with E-state index in [2.05, 4.69) is 15.9 Å². The van der Waals surface area contributed by atoms with Gasteiger partial charge in [0.2, 0.25) is 5.91 Å². The third-order valence-electron chi connectivity index (χ3n) is 4.10. The number of likely N-dealkylation sites (tertiary alicyclic amines) is 1. The number of nitrogens with zero attached hydrogens (tertiary/aromatic N) is 1. The van der Waals surface area contributed by atoms with Crippen LogP contribution in [0.25, 0.3) is 0 Å². The molecule has 1 amide bonds. The molecular weight excluding hydrogens is 403 g/mol. The fourth-order valence-corrected chi connectivity index (χ4v) is 3.47. The van der Waals surface area contributed by atoms with Crippen LogP contribution in [-0.2, 0) is 4.79 Å². The number of halogens is 3. The van der Waals surface area contributed by atoms with Crippen molar-refractivity contribution in [3.8, 4) is 5.75 Å². The van der Waals surface area contributed by atoms with Crippen molar-refractivity contribution in [2.45, 2.75) is 32.2 Å². The lowest BCUT2D eigenvalue weighted by molar-refractivity contribution is -0.133. The van der Waals surface area contributed by atoms with Crippen LogP contribution < -0.4 is 10.5 Å². The van der Waals surface area contributed by atoms with Gasteiger partial charge in [-0.05, 0) is 59.8 Å². The first-order valence-electron chi connectivity index (χ1n) is 7.58. The van der Waals surface area contributed by atoms with Crippen LogP contribution in [-0.4, -0.2) is 36.5 Å². The smallest absolute Gasteiger partial charge is 0.225 e. The Morgan fingerprint density at radius 2 is 2.13 bits per heavy atom. The van der Waals surface area contributed by atoms with E-state index >= 15 is 0 Å². The first kappa shape index (κ1) is 20.6. The van der Waals surface area contributed by atoms with Gasteiger partial charge >= 0.3 is 0 Å². The van der Waals surface area contributed by atoms with Crippen molar-refractivity contribution < 1.29 is 9.53 Å². The number of amides is 1. The molecule has 2 N–H and O–H groups in total. The highest BCUT2D eigenvalue weighted by Gasteiger charge is 2.24. The van der Waals surface area contributed by atoms with Crippen molar-refractivity contribution in [2.24, 2.45) is 11.7 Å². The van der Waals surface area contributed by atoms with E-state index in [0.29, 0.717) is 29.7 Å². The monoisotopic (exact) mass is 424 g/mol. The zero-order valence-electron chi connectivity index (χ0n) is 13.1. The molecule has 7 heteroatoms. The summed E-state index contributed by atoms with van der Waals surface area (Å²) in [6.07, 6.45) is 2.37. The fraction of sp³-hybridized carbons (Fsp3) is 0.562. The minimum Gasteiger partial charge on any atom is -0.492 e. The number of hydrogen-bond acceptors (Lipinski definition) is 3. The maximum atomic E-state index is 12.2.